The van der Waals surface area contributed by atoms with Crippen molar-refractivity contribution in [2.45, 2.75) is 66.1 Å². The zero-order valence-electron chi connectivity index (χ0n) is 22.1. The Kier molecular flexibility index (Phi) is 9.69. The van der Waals surface area contributed by atoms with Gasteiger partial charge in [0.25, 0.3) is 5.91 Å². The minimum atomic E-state index is -0.669. The minimum Gasteiger partial charge on any atom is -0.483 e. The van der Waals surface area contributed by atoms with Crippen LogP contribution in [-0.4, -0.2) is 35.4 Å². The van der Waals surface area contributed by atoms with Gasteiger partial charge >= 0.3 is 0 Å². The summed E-state index contributed by atoms with van der Waals surface area (Å²) in [5.74, 6) is 0.297. The summed E-state index contributed by atoms with van der Waals surface area (Å²) >= 11 is 0. The monoisotopic (exact) mass is 486 g/mol. The molecule has 0 saturated heterocycles. The van der Waals surface area contributed by atoms with Crippen LogP contribution >= 0.6 is 0 Å². The van der Waals surface area contributed by atoms with Gasteiger partial charge in [-0.3, -0.25) is 9.59 Å². The van der Waals surface area contributed by atoms with Gasteiger partial charge in [-0.2, -0.15) is 0 Å². The van der Waals surface area contributed by atoms with Crippen molar-refractivity contribution in [2.75, 3.05) is 6.61 Å². The number of rotatable bonds is 11. The lowest BCUT2D eigenvalue weighted by Gasteiger charge is -2.32. The van der Waals surface area contributed by atoms with Crippen molar-refractivity contribution < 1.29 is 14.3 Å². The molecule has 0 saturated carbocycles. The van der Waals surface area contributed by atoms with Crippen molar-refractivity contribution in [1.82, 2.24) is 10.2 Å². The summed E-state index contributed by atoms with van der Waals surface area (Å²) in [6.07, 6.45) is 1.23. The van der Waals surface area contributed by atoms with Crippen molar-refractivity contribution in [3.63, 3.8) is 0 Å². The summed E-state index contributed by atoms with van der Waals surface area (Å²) in [6.45, 7) is 10.2. The van der Waals surface area contributed by atoms with Crippen LogP contribution in [0, 0.1) is 20.8 Å². The molecule has 0 spiro atoms. The highest BCUT2D eigenvalue weighted by Crippen LogP contribution is 2.20. The Labute approximate surface area is 215 Å². The molecular formula is C31H38N2O3. The van der Waals surface area contributed by atoms with Crippen LogP contribution < -0.4 is 10.1 Å². The summed E-state index contributed by atoms with van der Waals surface area (Å²) in [6, 6.07) is 23.1. The third-order valence-corrected chi connectivity index (χ3v) is 6.39. The van der Waals surface area contributed by atoms with Gasteiger partial charge in [0, 0.05) is 19.0 Å². The number of hydrogen-bond acceptors (Lipinski definition) is 3. The van der Waals surface area contributed by atoms with Gasteiger partial charge in [0.1, 0.15) is 11.8 Å². The van der Waals surface area contributed by atoms with E-state index in [2.05, 4.69) is 11.4 Å². The third-order valence-electron chi connectivity index (χ3n) is 6.39. The molecule has 3 rings (SSSR count). The highest BCUT2D eigenvalue weighted by Gasteiger charge is 2.31. The van der Waals surface area contributed by atoms with Crippen LogP contribution in [0.15, 0.2) is 72.8 Å². The molecule has 0 heterocycles. The second-order valence-electron chi connectivity index (χ2n) is 9.59. The summed E-state index contributed by atoms with van der Waals surface area (Å²) in [7, 11) is 0. The highest BCUT2D eigenvalue weighted by atomic mass is 16.5. The number of nitrogens with zero attached hydrogens (tertiary/aromatic N) is 1. The predicted octanol–water partition coefficient (Wildman–Crippen LogP) is 5.55. The quantitative estimate of drug-likeness (QED) is 0.387. The highest BCUT2D eigenvalue weighted by molar-refractivity contribution is 5.88. The number of hydrogen-bond donors (Lipinski definition) is 1. The molecule has 5 nitrogen and oxygen atoms in total. The van der Waals surface area contributed by atoms with Gasteiger partial charge < -0.3 is 15.0 Å². The number of carbonyl (C=O) groups excluding carboxylic acids is 2. The Hall–Kier alpha value is -3.60. The van der Waals surface area contributed by atoms with Gasteiger partial charge in [-0.1, -0.05) is 84.8 Å². The zero-order valence-corrected chi connectivity index (χ0v) is 22.1. The van der Waals surface area contributed by atoms with E-state index in [1.807, 2.05) is 101 Å². The Balaban J connectivity index is 1.92. The van der Waals surface area contributed by atoms with E-state index in [0.717, 1.165) is 34.2 Å². The van der Waals surface area contributed by atoms with Crippen molar-refractivity contribution in [1.29, 1.82) is 0 Å². The van der Waals surface area contributed by atoms with Gasteiger partial charge in [-0.25, -0.2) is 0 Å². The van der Waals surface area contributed by atoms with Crippen molar-refractivity contribution in [3.05, 3.63) is 101 Å². The van der Waals surface area contributed by atoms with Crippen molar-refractivity contribution >= 4 is 11.8 Å². The first kappa shape index (κ1) is 27.0. The first-order valence-electron chi connectivity index (χ1n) is 12.7. The molecule has 36 heavy (non-hydrogen) atoms. The first-order valence-corrected chi connectivity index (χ1v) is 12.7. The number of aryl methyl sites for hydroxylation is 3. The first-order chi connectivity index (χ1) is 17.3. The predicted molar refractivity (Wildman–Crippen MR) is 145 cm³/mol. The van der Waals surface area contributed by atoms with E-state index in [0.29, 0.717) is 18.7 Å². The molecule has 3 aromatic carbocycles. The van der Waals surface area contributed by atoms with E-state index < -0.39 is 6.04 Å². The summed E-state index contributed by atoms with van der Waals surface area (Å²) in [5.41, 5.74) is 5.19. The maximum absolute atomic E-state index is 13.7. The van der Waals surface area contributed by atoms with Crippen LogP contribution in [0.4, 0.5) is 0 Å². The molecule has 2 atom stereocenters. The molecule has 0 aliphatic carbocycles. The molecule has 0 aliphatic rings. The van der Waals surface area contributed by atoms with Crippen LogP contribution in [0.25, 0.3) is 0 Å². The Morgan fingerprint density at radius 2 is 1.58 bits per heavy atom. The van der Waals surface area contributed by atoms with Gasteiger partial charge in [0.05, 0.1) is 0 Å². The fourth-order valence-electron chi connectivity index (χ4n) is 4.19. The Morgan fingerprint density at radius 3 is 2.25 bits per heavy atom. The van der Waals surface area contributed by atoms with E-state index in [1.165, 1.54) is 0 Å². The minimum absolute atomic E-state index is 0.0122. The molecule has 0 aromatic heterocycles. The molecule has 0 bridgehead atoms. The van der Waals surface area contributed by atoms with Crippen LogP contribution in [-0.2, 0) is 22.6 Å². The van der Waals surface area contributed by atoms with E-state index in [-0.39, 0.29) is 24.5 Å². The lowest BCUT2D eigenvalue weighted by molar-refractivity contribution is -0.143. The number of ether oxygens (including phenoxy) is 1. The van der Waals surface area contributed by atoms with E-state index in [1.54, 1.807) is 4.90 Å². The molecule has 2 amide bonds. The van der Waals surface area contributed by atoms with Gasteiger partial charge in [-0.15, -0.1) is 0 Å². The SMILES string of the molecule is CC[C@@H](C)NC(=O)[C@@H](Cc1ccccc1)N(Cc1cccc(C)c1)C(=O)COc1ccc(C)cc1C. The number of carbonyl (C=O) groups is 2. The average molecular weight is 487 g/mol. The molecular weight excluding hydrogens is 448 g/mol. The molecule has 0 radical (unpaired) electrons. The fourth-order valence-corrected chi connectivity index (χ4v) is 4.19. The summed E-state index contributed by atoms with van der Waals surface area (Å²) in [5, 5.41) is 3.10. The largest absolute Gasteiger partial charge is 0.483 e. The van der Waals surface area contributed by atoms with Crippen LogP contribution in [0.2, 0.25) is 0 Å². The second-order valence-corrected chi connectivity index (χ2v) is 9.59. The second kappa shape index (κ2) is 12.9. The van der Waals surface area contributed by atoms with Gasteiger partial charge in [0.15, 0.2) is 6.61 Å². The molecule has 5 heteroatoms. The Bertz CT molecular complexity index is 1160. The molecule has 3 aromatic rings. The molecule has 0 unspecified atom stereocenters. The summed E-state index contributed by atoms with van der Waals surface area (Å²) in [4.78, 5) is 28.9. The van der Waals surface area contributed by atoms with Crippen LogP contribution in [0.1, 0.15) is 48.1 Å². The van der Waals surface area contributed by atoms with Crippen molar-refractivity contribution in [3.8, 4) is 5.75 Å². The average Bonchev–Trinajstić information content (AvgIpc) is 2.86. The number of nitrogens with one attached hydrogen (secondary N) is 1. The van der Waals surface area contributed by atoms with Gasteiger partial charge in [0.2, 0.25) is 5.91 Å². The van der Waals surface area contributed by atoms with Gasteiger partial charge in [-0.05, 0) is 56.9 Å². The maximum atomic E-state index is 13.7. The third kappa shape index (κ3) is 7.70. The van der Waals surface area contributed by atoms with Crippen molar-refractivity contribution in [2.24, 2.45) is 0 Å². The molecule has 0 aliphatic heterocycles. The van der Waals surface area contributed by atoms with E-state index >= 15 is 0 Å². The smallest absolute Gasteiger partial charge is 0.261 e. The number of amides is 2. The fraction of sp³-hybridized carbons (Fsp3) is 0.355. The number of benzene rings is 3. The lowest BCUT2D eigenvalue weighted by atomic mass is 10.0. The van der Waals surface area contributed by atoms with Crippen LogP contribution in [0.3, 0.4) is 0 Å². The lowest BCUT2D eigenvalue weighted by Crippen LogP contribution is -2.53. The zero-order chi connectivity index (χ0) is 26.1. The normalized spacial score (nSPS) is 12.5. The molecule has 190 valence electrons. The van der Waals surface area contributed by atoms with E-state index in [4.69, 9.17) is 4.74 Å². The Morgan fingerprint density at radius 1 is 0.889 bits per heavy atom. The standard InChI is InChI=1S/C31H38N2O3/c1-6-25(5)32-31(35)28(19-26-12-8-7-9-13-26)33(20-27-14-10-11-22(2)18-27)30(34)21-36-29-16-15-23(3)17-24(29)4/h7-18,25,28H,6,19-21H2,1-5H3,(H,32,35)/t25-,28-/m1/s1. The molecule has 0 fully saturated rings. The van der Waals surface area contributed by atoms with E-state index in [9.17, 15) is 9.59 Å². The molecule has 1 N–H and O–H groups in total. The summed E-state index contributed by atoms with van der Waals surface area (Å²) < 4.78 is 5.96. The maximum Gasteiger partial charge on any atom is 0.261 e. The van der Waals surface area contributed by atoms with Crippen LogP contribution in [0.5, 0.6) is 5.75 Å². The topological polar surface area (TPSA) is 58.6 Å².